The Labute approximate surface area is 65.7 Å². The zero-order chi connectivity index (χ0) is 8.27. The molecular weight excluding hydrogens is 144 g/mol. The van der Waals surface area contributed by atoms with Gasteiger partial charge in [-0.3, -0.25) is 4.79 Å². The smallest absolute Gasteiger partial charge is 0.306 e. The number of methoxy groups -OCH3 is 1. The van der Waals surface area contributed by atoms with Gasteiger partial charge < -0.3 is 9.84 Å². The fourth-order valence-electron chi connectivity index (χ4n) is 1.20. The lowest BCUT2D eigenvalue weighted by molar-refractivity contribution is -0.141. The van der Waals surface area contributed by atoms with Crippen LogP contribution in [0, 0.1) is 5.92 Å². The Morgan fingerprint density at radius 3 is 2.91 bits per heavy atom. The average molecular weight is 156 g/mol. The lowest BCUT2D eigenvalue weighted by atomic mass is 10.1. The van der Waals surface area contributed by atoms with E-state index in [0.717, 1.165) is 0 Å². The molecule has 1 unspecified atom stereocenters. The van der Waals surface area contributed by atoms with E-state index in [4.69, 9.17) is 5.11 Å². The van der Waals surface area contributed by atoms with Crippen LogP contribution in [-0.2, 0) is 9.53 Å². The monoisotopic (exact) mass is 156 g/mol. The topological polar surface area (TPSA) is 46.5 Å². The van der Waals surface area contributed by atoms with E-state index in [-0.39, 0.29) is 18.0 Å². The largest absolute Gasteiger partial charge is 0.469 e. The Kier molecular flexibility index (Phi) is 2.65. The van der Waals surface area contributed by atoms with Crippen molar-refractivity contribution in [3.63, 3.8) is 0 Å². The highest BCUT2D eigenvalue weighted by atomic mass is 16.5. The van der Waals surface area contributed by atoms with Crippen LogP contribution in [0.1, 0.15) is 12.8 Å². The van der Waals surface area contributed by atoms with Crippen molar-refractivity contribution in [3.8, 4) is 0 Å². The fraction of sp³-hybridized carbons (Fsp3) is 0.625. The van der Waals surface area contributed by atoms with Crippen LogP contribution >= 0.6 is 0 Å². The van der Waals surface area contributed by atoms with Gasteiger partial charge in [-0.2, -0.15) is 0 Å². The van der Waals surface area contributed by atoms with Gasteiger partial charge in [-0.25, -0.2) is 0 Å². The van der Waals surface area contributed by atoms with Gasteiger partial charge in [-0.05, 0) is 12.3 Å². The van der Waals surface area contributed by atoms with E-state index in [9.17, 15) is 4.79 Å². The standard InChI is InChI=1S/C8H12O3/c1-11-8(10)5-6-2-3-7(9)4-6/h2-3,6-7,9H,4-5H2,1H3/t6-,7?/m0/s1. The van der Waals surface area contributed by atoms with E-state index >= 15 is 0 Å². The van der Waals surface area contributed by atoms with Gasteiger partial charge in [0.15, 0.2) is 0 Å². The Hall–Kier alpha value is -0.830. The summed E-state index contributed by atoms with van der Waals surface area (Å²) in [5.41, 5.74) is 0. The summed E-state index contributed by atoms with van der Waals surface area (Å²) < 4.78 is 4.49. The molecule has 1 aliphatic carbocycles. The number of carbonyl (C=O) groups is 1. The zero-order valence-electron chi connectivity index (χ0n) is 6.49. The van der Waals surface area contributed by atoms with E-state index in [2.05, 4.69) is 4.74 Å². The molecule has 0 heterocycles. The number of hydrogen-bond acceptors (Lipinski definition) is 3. The first-order chi connectivity index (χ1) is 5.22. The molecule has 1 aliphatic rings. The molecule has 0 saturated carbocycles. The summed E-state index contributed by atoms with van der Waals surface area (Å²) in [5.74, 6) is -0.0498. The molecule has 0 bridgehead atoms. The van der Waals surface area contributed by atoms with Crippen molar-refractivity contribution in [1.82, 2.24) is 0 Å². The molecule has 0 aromatic heterocycles. The second kappa shape index (κ2) is 3.53. The van der Waals surface area contributed by atoms with Crippen LogP contribution in [0.3, 0.4) is 0 Å². The number of ether oxygens (including phenoxy) is 1. The first-order valence-corrected chi connectivity index (χ1v) is 3.65. The van der Waals surface area contributed by atoms with Crippen molar-refractivity contribution < 1.29 is 14.6 Å². The van der Waals surface area contributed by atoms with E-state index in [0.29, 0.717) is 12.8 Å². The molecule has 0 spiro atoms. The zero-order valence-corrected chi connectivity index (χ0v) is 6.49. The molecule has 11 heavy (non-hydrogen) atoms. The summed E-state index contributed by atoms with van der Waals surface area (Å²) in [4.78, 5) is 10.7. The number of rotatable bonds is 2. The summed E-state index contributed by atoms with van der Waals surface area (Å²) in [7, 11) is 1.37. The molecule has 1 N–H and O–H groups in total. The summed E-state index contributed by atoms with van der Waals surface area (Å²) in [6, 6.07) is 0. The minimum absolute atomic E-state index is 0.164. The molecule has 0 aromatic carbocycles. The van der Waals surface area contributed by atoms with E-state index in [1.165, 1.54) is 7.11 Å². The molecular formula is C8H12O3. The molecule has 2 atom stereocenters. The van der Waals surface area contributed by atoms with E-state index < -0.39 is 0 Å². The van der Waals surface area contributed by atoms with E-state index in [1.54, 1.807) is 6.08 Å². The molecule has 0 amide bonds. The maximum atomic E-state index is 10.7. The molecule has 0 saturated heterocycles. The Balaban J connectivity index is 2.29. The van der Waals surface area contributed by atoms with Crippen LogP contribution in [0.4, 0.5) is 0 Å². The van der Waals surface area contributed by atoms with Crippen LogP contribution in [0.25, 0.3) is 0 Å². The maximum Gasteiger partial charge on any atom is 0.306 e. The van der Waals surface area contributed by atoms with Crippen molar-refractivity contribution in [1.29, 1.82) is 0 Å². The van der Waals surface area contributed by atoms with E-state index in [1.807, 2.05) is 6.08 Å². The summed E-state index contributed by atoms with van der Waals surface area (Å²) in [6.07, 6.45) is 4.23. The molecule has 3 heteroatoms. The molecule has 3 nitrogen and oxygen atoms in total. The number of esters is 1. The second-order valence-corrected chi connectivity index (χ2v) is 2.73. The van der Waals surface area contributed by atoms with Gasteiger partial charge >= 0.3 is 5.97 Å². The highest BCUT2D eigenvalue weighted by molar-refractivity contribution is 5.69. The van der Waals surface area contributed by atoms with Gasteiger partial charge in [-0.15, -0.1) is 0 Å². The van der Waals surface area contributed by atoms with Crippen LogP contribution in [-0.4, -0.2) is 24.3 Å². The number of aliphatic hydroxyl groups is 1. The van der Waals surface area contributed by atoms with Crippen LogP contribution in [0.2, 0.25) is 0 Å². The van der Waals surface area contributed by atoms with Gasteiger partial charge in [-0.1, -0.05) is 12.2 Å². The first kappa shape index (κ1) is 8.27. The molecule has 0 fully saturated rings. The van der Waals surface area contributed by atoms with Crippen LogP contribution in [0.15, 0.2) is 12.2 Å². The number of aliphatic hydroxyl groups excluding tert-OH is 1. The lowest BCUT2D eigenvalue weighted by Crippen LogP contribution is -2.08. The first-order valence-electron chi connectivity index (χ1n) is 3.65. The average Bonchev–Trinajstić information content (AvgIpc) is 2.35. The third-order valence-corrected chi connectivity index (χ3v) is 1.81. The van der Waals surface area contributed by atoms with Crippen LogP contribution < -0.4 is 0 Å². The molecule has 0 aromatic rings. The van der Waals surface area contributed by atoms with Gasteiger partial charge in [0, 0.05) is 0 Å². The van der Waals surface area contributed by atoms with Gasteiger partial charge in [0.25, 0.3) is 0 Å². The Morgan fingerprint density at radius 1 is 1.73 bits per heavy atom. The molecule has 1 rings (SSSR count). The maximum absolute atomic E-state index is 10.7. The normalized spacial score (nSPS) is 28.9. The van der Waals surface area contributed by atoms with Gasteiger partial charge in [0.1, 0.15) is 0 Å². The summed E-state index contributed by atoms with van der Waals surface area (Å²) in [6.45, 7) is 0. The molecule has 0 radical (unpaired) electrons. The fourth-order valence-corrected chi connectivity index (χ4v) is 1.20. The molecule has 0 aliphatic heterocycles. The SMILES string of the molecule is COC(=O)C[C@H]1C=CC(O)C1. The minimum Gasteiger partial charge on any atom is -0.469 e. The Morgan fingerprint density at radius 2 is 2.45 bits per heavy atom. The second-order valence-electron chi connectivity index (χ2n) is 2.73. The third kappa shape index (κ3) is 2.35. The van der Waals surface area contributed by atoms with Gasteiger partial charge in [0.2, 0.25) is 0 Å². The lowest BCUT2D eigenvalue weighted by Gasteiger charge is -2.05. The van der Waals surface area contributed by atoms with Crippen molar-refractivity contribution in [3.05, 3.63) is 12.2 Å². The predicted octanol–water partition coefficient (Wildman–Crippen LogP) is 0.486. The summed E-state index contributed by atoms with van der Waals surface area (Å²) in [5, 5.41) is 9.05. The minimum atomic E-state index is -0.371. The quantitative estimate of drug-likeness (QED) is 0.467. The Bertz CT molecular complexity index is 174. The van der Waals surface area contributed by atoms with Crippen molar-refractivity contribution in [2.75, 3.05) is 7.11 Å². The van der Waals surface area contributed by atoms with Gasteiger partial charge in [0.05, 0.1) is 19.6 Å². The predicted molar refractivity (Wildman–Crippen MR) is 39.9 cm³/mol. The molecule has 62 valence electrons. The number of hydrogen-bond donors (Lipinski definition) is 1. The number of allylic oxidation sites excluding steroid dienone is 1. The number of carbonyl (C=O) groups excluding carboxylic acids is 1. The highest BCUT2D eigenvalue weighted by Gasteiger charge is 2.19. The third-order valence-electron chi connectivity index (χ3n) is 1.81. The van der Waals surface area contributed by atoms with Crippen molar-refractivity contribution in [2.24, 2.45) is 5.92 Å². The van der Waals surface area contributed by atoms with Crippen molar-refractivity contribution >= 4 is 5.97 Å². The summed E-state index contributed by atoms with van der Waals surface area (Å²) >= 11 is 0. The van der Waals surface area contributed by atoms with Crippen molar-refractivity contribution in [2.45, 2.75) is 18.9 Å². The van der Waals surface area contributed by atoms with Crippen LogP contribution in [0.5, 0.6) is 0 Å². The highest BCUT2D eigenvalue weighted by Crippen LogP contribution is 2.20.